The van der Waals surface area contributed by atoms with Crippen LogP contribution in [-0.4, -0.2) is 77.0 Å². The Morgan fingerprint density at radius 2 is 1.93 bits per heavy atom. The first-order chi connectivity index (χ1) is 21.7. The number of likely N-dealkylation sites (tertiary alicyclic amines) is 1. The second-order valence-corrected chi connectivity index (χ2v) is 12.7. The quantitative estimate of drug-likeness (QED) is 0.217. The molecule has 0 radical (unpaired) electrons. The first kappa shape index (κ1) is 29.6. The summed E-state index contributed by atoms with van der Waals surface area (Å²) in [6, 6.07) is 7.51. The molecule has 0 aromatic carbocycles. The number of aliphatic hydroxyl groups is 1. The fourth-order valence-corrected chi connectivity index (χ4v) is 6.99. The van der Waals surface area contributed by atoms with E-state index in [4.69, 9.17) is 0 Å². The number of anilines is 1. The molecule has 0 unspecified atom stereocenters. The Morgan fingerprint density at radius 3 is 2.67 bits per heavy atom. The van der Waals surface area contributed by atoms with Gasteiger partial charge in [0.05, 0.1) is 36.0 Å². The van der Waals surface area contributed by atoms with Gasteiger partial charge in [0.15, 0.2) is 0 Å². The van der Waals surface area contributed by atoms with E-state index in [1.165, 1.54) is 6.33 Å². The third kappa shape index (κ3) is 5.99. The van der Waals surface area contributed by atoms with Gasteiger partial charge < -0.3 is 25.6 Å². The molecule has 3 fully saturated rings. The van der Waals surface area contributed by atoms with Crippen LogP contribution in [0.4, 0.5) is 19.0 Å². The number of piperidine rings is 1. The average Bonchev–Trinajstić information content (AvgIpc) is 3.67. The van der Waals surface area contributed by atoms with Gasteiger partial charge in [-0.3, -0.25) is 4.68 Å². The molecule has 0 amide bonds. The van der Waals surface area contributed by atoms with Crippen LogP contribution in [0, 0.1) is 11.3 Å². The van der Waals surface area contributed by atoms with Gasteiger partial charge in [-0.1, -0.05) is 0 Å². The number of nitriles is 1. The van der Waals surface area contributed by atoms with E-state index in [0.717, 1.165) is 67.1 Å². The summed E-state index contributed by atoms with van der Waals surface area (Å²) in [5.41, 5.74) is 1.65. The maximum absolute atomic E-state index is 13.6. The third-order valence-electron chi connectivity index (χ3n) is 9.62. The zero-order valence-corrected chi connectivity index (χ0v) is 24.6. The van der Waals surface area contributed by atoms with E-state index < -0.39 is 11.9 Å². The molecule has 0 bridgehead atoms. The lowest BCUT2D eigenvalue weighted by Crippen LogP contribution is -2.58. The molecule has 0 spiro atoms. The summed E-state index contributed by atoms with van der Waals surface area (Å²) in [4.78, 5) is 18.2. The standard InChI is InChI=1S/C31H35F3N10O/c32-31(33,34)26-9-19(15-37-22-11-24(45)12-22)10-27(42-26)41-21-2-7-43(8-3-21)23-13-30(14-23,4-5-35)44-17-20(16-40-44)28-25-1-6-36-29(25)39-18-38-28/h1,6,9-10,16-18,21-24,37,45H,2-4,7-8,11-15H2,(H,41,42)(H,36,38,39)/t22-,23-,24-,30+. The fraction of sp³-hybridized carbons (Fsp3) is 0.516. The van der Waals surface area contributed by atoms with Crippen molar-refractivity contribution in [3.05, 3.63) is 54.4 Å². The van der Waals surface area contributed by atoms with Crippen LogP contribution in [0.15, 0.2) is 43.1 Å². The Kier molecular flexibility index (Phi) is 7.71. The minimum Gasteiger partial charge on any atom is -0.393 e. The fourth-order valence-electron chi connectivity index (χ4n) is 6.99. The number of halogens is 3. The van der Waals surface area contributed by atoms with Crippen molar-refractivity contribution in [1.29, 1.82) is 5.26 Å². The topological polar surface area (TPSA) is 144 Å². The lowest BCUT2D eigenvalue weighted by Gasteiger charge is -2.52. The van der Waals surface area contributed by atoms with Gasteiger partial charge in [0, 0.05) is 61.1 Å². The summed E-state index contributed by atoms with van der Waals surface area (Å²) in [7, 11) is 0. The number of nitrogens with zero attached hydrogens (tertiary/aromatic N) is 7. The van der Waals surface area contributed by atoms with Crippen LogP contribution in [0.5, 0.6) is 0 Å². The van der Waals surface area contributed by atoms with E-state index in [0.29, 0.717) is 30.9 Å². The number of fused-ring (bicyclic) bond motifs is 1. The van der Waals surface area contributed by atoms with Crippen molar-refractivity contribution in [1.82, 2.24) is 39.9 Å². The molecule has 4 aromatic heterocycles. The van der Waals surface area contributed by atoms with Crippen LogP contribution >= 0.6 is 0 Å². The van der Waals surface area contributed by atoms with E-state index in [1.54, 1.807) is 12.3 Å². The average molecular weight is 621 g/mol. The Labute approximate surface area is 257 Å². The van der Waals surface area contributed by atoms with Crippen molar-refractivity contribution >= 4 is 16.9 Å². The molecule has 45 heavy (non-hydrogen) atoms. The molecule has 5 heterocycles. The second-order valence-electron chi connectivity index (χ2n) is 12.7. The maximum atomic E-state index is 13.6. The molecule has 1 saturated heterocycles. The van der Waals surface area contributed by atoms with Gasteiger partial charge >= 0.3 is 6.18 Å². The number of alkyl halides is 3. The van der Waals surface area contributed by atoms with Gasteiger partial charge in [0.2, 0.25) is 0 Å². The van der Waals surface area contributed by atoms with Gasteiger partial charge in [0.25, 0.3) is 0 Å². The molecule has 3 aliphatic rings. The largest absolute Gasteiger partial charge is 0.433 e. The Bertz CT molecular complexity index is 1690. The van der Waals surface area contributed by atoms with Crippen molar-refractivity contribution in [2.24, 2.45) is 0 Å². The van der Waals surface area contributed by atoms with Crippen molar-refractivity contribution in [3.8, 4) is 17.3 Å². The highest BCUT2D eigenvalue weighted by atomic mass is 19.4. The number of aromatic amines is 1. The van der Waals surface area contributed by atoms with Crippen molar-refractivity contribution in [2.75, 3.05) is 18.4 Å². The number of rotatable bonds is 9. The van der Waals surface area contributed by atoms with Gasteiger partial charge in [0.1, 0.15) is 23.5 Å². The summed E-state index contributed by atoms with van der Waals surface area (Å²) in [5, 5.41) is 31.3. The zero-order chi connectivity index (χ0) is 31.2. The van der Waals surface area contributed by atoms with Crippen LogP contribution in [0.2, 0.25) is 0 Å². The summed E-state index contributed by atoms with van der Waals surface area (Å²) in [6.07, 6.45) is 6.98. The Hall–Kier alpha value is -4.06. The molecule has 4 aromatic rings. The molecular formula is C31H35F3N10O. The molecule has 236 valence electrons. The molecule has 7 rings (SSSR count). The lowest BCUT2D eigenvalue weighted by atomic mass is 9.69. The highest BCUT2D eigenvalue weighted by Crippen LogP contribution is 2.45. The lowest BCUT2D eigenvalue weighted by molar-refractivity contribution is -0.141. The van der Waals surface area contributed by atoms with Crippen LogP contribution < -0.4 is 10.6 Å². The van der Waals surface area contributed by atoms with Crippen LogP contribution in [-0.2, 0) is 18.3 Å². The second kappa shape index (κ2) is 11.7. The maximum Gasteiger partial charge on any atom is 0.433 e. The number of hydrogen-bond donors (Lipinski definition) is 4. The monoisotopic (exact) mass is 620 g/mol. The summed E-state index contributed by atoms with van der Waals surface area (Å²) < 4.78 is 42.8. The normalized spacial score (nSPS) is 25.9. The summed E-state index contributed by atoms with van der Waals surface area (Å²) in [6.45, 7) is 1.90. The molecule has 11 nitrogen and oxygen atoms in total. The van der Waals surface area contributed by atoms with E-state index in [2.05, 4.69) is 46.6 Å². The predicted octanol–water partition coefficient (Wildman–Crippen LogP) is 4.20. The van der Waals surface area contributed by atoms with Gasteiger partial charge in [-0.05, 0) is 62.3 Å². The molecule has 14 heteroatoms. The summed E-state index contributed by atoms with van der Waals surface area (Å²) in [5.74, 6) is 0.237. The number of aromatic nitrogens is 6. The molecule has 1 aliphatic heterocycles. The SMILES string of the molecule is N#CC[C@]1(n2cc(-c3ncnc4[nH]ccc34)cn2)C[C@@H](N2CCC(Nc3cc(CN[C@H]4C[C@H](O)C4)cc(C(F)(F)F)n3)CC2)C1. The first-order valence-electron chi connectivity index (χ1n) is 15.4. The smallest absolute Gasteiger partial charge is 0.393 e. The third-order valence-corrected chi connectivity index (χ3v) is 9.62. The summed E-state index contributed by atoms with van der Waals surface area (Å²) >= 11 is 0. The molecule has 2 saturated carbocycles. The van der Waals surface area contributed by atoms with Gasteiger partial charge in [-0.25, -0.2) is 15.0 Å². The van der Waals surface area contributed by atoms with Crippen LogP contribution in [0.25, 0.3) is 22.3 Å². The number of pyridine rings is 1. The highest BCUT2D eigenvalue weighted by molar-refractivity contribution is 5.90. The van der Waals surface area contributed by atoms with Crippen molar-refractivity contribution in [2.45, 2.75) is 87.4 Å². The van der Waals surface area contributed by atoms with Crippen molar-refractivity contribution < 1.29 is 18.3 Å². The minimum absolute atomic E-state index is 0.00979. The molecular weight excluding hydrogens is 585 g/mol. The Balaban J connectivity index is 0.969. The Morgan fingerprint density at radius 1 is 1.13 bits per heavy atom. The van der Waals surface area contributed by atoms with Gasteiger partial charge in [-0.15, -0.1) is 0 Å². The van der Waals surface area contributed by atoms with E-state index in [1.807, 2.05) is 23.1 Å². The van der Waals surface area contributed by atoms with E-state index in [-0.39, 0.29) is 36.1 Å². The minimum atomic E-state index is -4.54. The van der Waals surface area contributed by atoms with Gasteiger partial charge in [-0.2, -0.15) is 23.5 Å². The van der Waals surface area contributed by atoms with Crippen LogP contribution in [0.3, 0.4) is 0 Å². The number of aliphatic hydroxyl groups excluding tert-OH is 1. The number of nitrogens with one attached hydrogen (secondary N) is 3. The number of H-pyrrole nitrogens is 1. The molecule has 2 aliphatic carbocycles. The molecule has 0 atom stereocenters. The zero-order valence-electron chi connectivity index (χ0n) is 24.6. The van der Waals surface area contributed by atoms with E-state index >= 15 is 0 Å². The first-order valence-corrected chi connectivity index (χ1v) is 15.4. The highest BCUT2D eigenvalue weighted by Gasteiger charge is 2.49. The van der Waals surface area contributed by atoms with Crippen molar-refractivity contribution in [3.63, 3.8) is 0 Å². The predicted molar refractivity (Wildman–Crippen MR) is 160 cm³/mol. The molecule has 4 N–H and O–H groups in total. The van der Waals surface area contributed by atoms with Crippen LogP contribution in [0.1, 0.15) is 56.2 Å². The number of hydrogen-bond acceptors (Lipinski definition) is 9. The van der Waals surface area contributed by atoms with E-state index in [9.17, 15) is 23.5 Å².